The second-order valence-electron chi connectivity index (χ2n) is 5.14. The molecule has 115 valence electrons. The summed E-state index contributed by atoms with van der Waals surface area (Å²) in [5.74, 6) is 0. The Bertz CT molecular complexity index is 163. The van der Waals surface area contributed by atoms with E-state index >= 15 is 0 Å². The Morgan fingerprint density at radius 1 is 0.632 bits per heavy atom. The molecule has 0 unspecified atom stereocenters. The summed E-state index contributed by atoms with van der Waals surface area (Å²) in [6.45, 7) is 2.27. The summed E-state index contributed by atoms with van der Waals surface area (Å²) in [6, 6.07) is 0. The van der Waals surface area contributed by atoms with E-state index in [1.54, 1.807) is 0 Å². The molecule has 0 radical (unpaired) electrons. The molecule has 0 aromatic carbocycles. The Labute approximate surface area is 128 Å². The van der Waals surface area contributed by atoms with Crippen molar-refractivity contribution < 1.29 is 24.6 Å². The first kappa shape index (κ1) is 21.3. The average molecular weight is 311 g/mol. The topological polar surface area (TPSA) is 34.1 Å². The SMILES string of the molecule is CCCCCCCCCCCCCCC[C-]=O.[O]=[Fe+]. The molecule has 0 aromatic heterocycles. The molecule has 0 aliphatic carbocycles. The Kier molecular flexibility index (Phi) is 25.9. The van der Waals surface area contributed by atoms with Gasteiger partial charge < -0.3 is 4.79 Å². The van der Waals surface area contributed by atoms with Crippen molar-refractivity contribution in [2.45, 2.75) is 96.8 Å². The van der Waals surface area contributed by atoms with Gasteiger partial charge in [-0.25, -0.2) is 0 Å². The van der Waals surface area contributed by atoms with Crippen LogP contribution in [0.25, 0.3) is 0 Å². The van der Waals surface area contributed by atoms with Crippen LogP contribution in [-0.4, -0.2) is 6.29 Å². The Morgan fingerprint density at radius 3 is 1.26 bits per heavy atom. The van der Waals surface area contributed by atoms with Gasteiger partial charge in [0, 0.05) is 0 Å². The molecule has 0 heterocycles. The summed E-state index contributed by atoms with van der Waals surface area (Å²) in [6.07, 6.45) is 20.2. The van der Waals surface area contributed by atoms with E-state index in [0.29, 0.717) is 6.42 Å². The van der Waals surface area contributed by atoms with Crippen LogP contribution in [-0.2, 0) is 24.6 Å². The van der Waals surface area contributed by atoms with Gasteiger partial charge in [0.1, 0.15) is 0 Å². The zero-order valence-corrected chi connectivity index (χ0v) is 13.7. The van der Waals surface area contributed by atoms with Crippen molar-refractivity contribution in [3.63, 3.8) is 0 Å². The van der Waals surface area contributed by atoms with Crippen LogP contribution < -0.4 is 0 Å². The van der Waals surface area contributed by atoms with Crippen LogP contribution in [0.4, 0.5) is 0 Å². The maximum atomic E-state index is 9.98. The summed E-state index contributed by atoms with van der Waals surface area (Å²) in [5.41, 5.74) is 0. The molecule has 0 fully saturated rings. The molecule has 0 aliphatic heterocycles. The van der Waals surface area contributed by atoms with E-state index in [-0.39, 0.29) is 0 Å². The molecule has 0 amide bonds. The van der Waals surface area contributed by atoms with Crippen LogP contribution in [0.2, 0.25) is 0 Å². The third-order valence-corrected chi connectivity index (χ3v) is 3.38. The molecule has 0 atom stereocenters. The minimum atomic E-state index is 0.637. The molecule has 0 saturated heterocycles. The second-order valence-corrected chi connectivity index (χ2v) is 5.14. The van der Waals surface area contributed by atoms with E-state index in [0.717, 1.165) is 6.42 Å². The van der Waals surface area contributed by atoms with Crippen LogP contribution in [0.15, 0.2) is 0 Å². The molecule has 3 heteroatoms. The van der Waals surface area contributed by atoms with Gasteiger partial charge in [0.2, 0.25) is 0 Å². The first-order chi connectivity index (χ1) is 9.41. The van der Waals surface area contributed by atoms with Gasteiger partial charge in [-0.2, -0.15) is 6.42 Å². The summed E-state index contributed by atoms with van der Waals surface area (Å²) < 4.78 is 8.00. The van der Waals surface area contributed by atoms with E-state index in [1.165, 1.54) is 77.0 Å². The Balaban J connectivity index is 0. The zero-order valence-electron chi connectivity index (χ0n) is 12.6. The molecule has 0 aliphatic rings. The van der Waals surface area contributed by atoms with Crippen LogP contribution >= 0.6 is 0 Å². The second kappa shape index (κ2) is 23.1. The monoisotopic (exact) mass is 311 g/mol. The fraction of sp³-hybridized carbons (Fsp3) is 0.938. The van der Waals surface area contributed by atoms with Gasteiger partial charge in [-0.3, -0.25) is 6.29 Å². The molecule has 0 saturated carbocycles. The van der Waals surface area contributed by atoms with Crippen LogP contribution in [0.5, 0.6) is 0 Å². The molecular weight excluding hydrogens is 280 g/mol. The normalized spacial score (nSPS) is 9.74. The van der Waals surface area contributed by atoms with Crippen LogP contribution in [0.1, 0.15) is 96.8 Å². The van der Waals surface area contributed by atoms with Crippen LogP contribution in [0, 0.1) is 0 Å². The average Bonchev–Trinajstić information content (AvgIpc) is 2.46. The van der Waals surface area contributed by atoms with Crippen molar-refractivity contribution >= 4 is 6.29 Å². The summed E-state index contributed by atoms with van der Waals surface area (Å²) in [5, 5.41) is 0. The van der Waals surface area contributed by atoms with E-state index in [2.05, 4.69) is 6.92 Å². The summed E-state index contributed by atoms with van der Waals surface area (Å²) in [4.78, 5) is 9.98. The maximum absolute atomic E-state index is 9.98. The van der Waals surface area contributed by atoms with Gasteiger partial charge in [-0.05, 0) is 0 Å². The van der Waals surface area contributed by atoms with E-state index in [4.69, 9.17) is 3.83 Å². The fourth-order valence-electron chi connectivity index (χ4n) is 2.21. The molecule has 0 N–H and O–H groups in total. The fourth-order valence-corrected chi connectivity index (χ4v) is 2.21. The first-order valence-corrected chi connectivity index (χ1v) is 8.36. The van der Waals surface area contributed by atoms with Gasteiger partial charge in [0.05, 0.1) is 0 Å². The number of hydrogen-bond acceptors (Lipinski definition) is 2. The minimum absolute atomic E-state index is 0.637. The van der Waals surface area contributed by atoms with Gasteiger partial charge in [-0.1, -0.05) is 90.4 Å². The third-order valence-electron chi connectivity index (χ3n) is 3.38. The molecule has 0 spiro atoms. The van der Waals surface area contributed by atoms with E-state index in [9.17, 15) is 4.79 Å². The van der Waals surface area contributed by atoms with Crippen LogP contribution in [0.3, 0.4) is 0 Å². The van der Waals surface area contributed by atoms with Gasteiger partial charge in [0.15, 0.2) is 0 Å². The van der Waals surface area contributed by atoms with Crippen molar-refractivity contribution in [1.82, 2.24) is 0 Å². The molecule has 19 heavy (non-hydrogen) atoms. The van der Waals surface area contributed by atoms with Crippen molar-refractivity contribution in [3.05, 3.63) is 0 Å². The predicted octanol–water partition coefficient (Wildman–Crippen LogP) is 5.46. The molecular formula is C16H31FeO2. The summed E-state index contributed by atoms with van der Waals surface area (Å²) in [7, 11) is 0. The molecule has 0 aromatic rings. The molecule has 0 bridgehead atoms. The number of rotatable bonds is 14. The van der Waals surface area contributed by atoms with Gasteiger partial charge >= 0.3 is 19.8 Å². The van der Waals surface area contributed by atoms with Gasteiger partial charge in [0.25, 0.3) is 0 Å². The standard InChI is InChI=1S/C16H31O.Fe.O/c1-2-3-4-5-6-7-8-9-10-11-12-13-14-15-16-17;;/h2-15H2,1H3;;/q-1;+1;. The van der Waals surface area contributed by atoms with Crippen molar-refractivity contribution in [2.24, 2.45) is 0 Å². The van der Waals surface area contributed by atoms with E-state index < -0.39 is 0 Å². The van der Waals surface area contributed by atoms with Gasteiger partial charge in [-0.15, -0.1) is 0 Å². The molecule has 2 nitrogen and oxygen atoms in total. The van der Waals surface area contributed by atoms with Crippen molar-refractivity contribution in [2.75, 3.05) is 0 Å². The quantitative estimate of drug-likeness (QED) is 0.243. The number of hydrogen-bond donors (Lipinski definition) is 0. The first-order valence-electron chi connectivity index (χ1n) is 7.91. The predicted molar refractivity (Wildman–Crippen MR) is 76.7 cm³/mol. The number of unbranched alkanes of at least 4 members (excludes halogenated alkanes) is 13. The Hall–Kier alpha value is -0.0105. The zero-order chi connectivity index (χ0) is 14.6. The summed E-state index contributed by atoms with van der Waals surface area (Å²) >= 11 is 2.00. The number of carbonyl (C=O) groups excluding carboxylic acids is 1. The van der Waals surface area contributed by atoms with Crippen molar-refractivity contribution in [3.8, 4) is 0 Å². The third kappa shape index (κ3) is 23.5. The Morgan fingerprint density at radius 2 is 0.947 bits per heavy atom. The van der Waals surface area contributed by atoms with Crippen molar-refractivity contribution in [1.29, 1.82) is 0 Å². The van der Waals surface area contributed by atoms with E-state index in [1.807, 2.05) is 22.2 Å². The molecule has 0 rings (SSSR count).